The van der Waals surface area contributed by atoms with Crippen molar-refractivity contribution in [1.29, 1.82) is 0 Å². The molecular weight excluding hydrogens is 256 g/mol. The summed E-state index contributed by atoms with van der Waals surface area (Å²) in [6.45, 7) is 6.51. The van der Waals surface area contributed by atoms with Crippen LogP contribution < -0.4 is 5.32 Å². The van der Waals surface area contributed by atoms with E-state index in [-0.39, 0.29) is 12.1 Å². The fourth-order valence-electron chi connectivity index (χ4n) is 2.98. The monoisotopic (exact) mass is 284 g/mol. The average Bonchev–Trinajstić information content (AvgIpc) is 2.84. The molecule has 1 saturated heterocycles. The molecule has 5 heteroatoms. The maximum atomic E-state index is 12.3. The number of rotatable bonds is 7. The minimum atomic E-state index is -1.01. The van der Waals surface area contributed by atoms with Crippen molar-refractivity contribution in [2.24, 2.45) is 0 Å². The van der Waals surface area contributed by atoms with E-state index in [0.717, 1.165) is 32.1 Å². The molecule has 0 radical (unpaired) electrons. The van der Waals surface area contributed by atoms with Gasteiger partial charge in [0.1, 0.15) is 5.54 Å². The average molecular weight is 284 g/mol. The molecule has 0 aromatic rings. The van der Waals surface area contributed by atoms with Crippen LogP contribution >= 0.6 is 0 Å². The van der Waals surface area contributed by atoms with Gasteiger partial charge in [-0.25, -0.2) is 9.59 Å². The van der Waals surface area contributed by atoms with Gasteiger partial charge in [0.05, 0.1) is 0 Å². The van der Waals surface area contributed by atoms with Crippen LogP contribution in [0.2, 0.25) is 0 Å². The van der Waals surface area contributed by atoms with E-state index in [0.29, 0.717) is 19.4 Å². The third kappa shape index (κ3) is 3.64. The highest BCUT2D eigenvalue weighted by atomic mass is 16.4. The molecule has 5 nitrogen and oxygen atoms in total. The van der Waals surface area contributed by atoms with E-state index in [4.69, 9.17) is 0 Å². The van der Waals surface area contributed by atoms with Crippen molar-refractivity contribution in [3.8, 4) is 0 Å². The zero-order valence-corrected chi connectivity index (χ0v) is 12.9. The predicted octanol–water partition coefficient (Wildman–Crippen LogP) is 2.99. The number of amides is 2. The quantitative estimate of drug-likeness (QED) is 0.706. The van der Waals surface area contributed by atoms with Gasteiger partial charge in [-0.1, -0.05) is 33.1 Å². The second-order valence-corrected chi connectivity index (χ2v) is 5.79. The van der Waals surface area contributed by atoms with E-state index in [9.17, 15) is 14.7 Å². The summed E-state index contributed by atoms with van der Waals surface area (Å²) < 4.78 is 0. The molecule has 116 valence electrons. The summed E-state index contributed by atoms with van der Waals surface area (Å²) in [5, 5.41) is 12.4. The highest BCUT2D eigenvalue weighted by Crippen LogP contribution is 2.32. The molecular formula is C15H28N2O3. The highest BCUT2D eigenvalue weighted by Gasteiger charge is 2.48. The summed E-state index contributed by atoms with van der Waals surface area (Å²) in [5.74, 6) is -0.883. The van der Waals surface area contributed by atoms with Crippen LogP contribution in [0.25, 0.3) is 0 Å². The van der Waals surface area contributed by atoms with Crippen molar-refractivity contribution in [2.45, 2.75) is 77.3 Å². The first-order valence-corrected chi connectivity index (χ1v) is 7.79. The van der Waals surface area contributed by atoms with Gasteiger partial charge in [0, 0.05) is 12.6 Å². The SMILES string of the molecule is CCCCCC(C)NC(=O)N1CCCC1(CC)C(=O)O. The molecule has 1 aliphatic rings. The zero-order chi connectivity index (χ0) is 15.2. The van der Waals surface area contributed by atoms with E-state index < -0.39 is 11.5 Å². The second kappa shape index (κ2) is 7.50. The van der Waals surface area contributed by atoms with Gasteiger partial charge < -0.3 is 15.3 Å². The van der Waals surface area contributed by atoms with Crippen molar-refractivity contribution in [2.75, 3.05) is 6.54 Å². The molecule has 20 heavy (non-hydrogen) atoms. The zero-order valence-electron chi connectivity index (χ0n) is 12.9. The standard InChI is InChI=1S/C15H28N2O3/c1-4-6-7-9-12(3)16-14(20)17-11-8-10-15(17,5-2)13(18)19/h12H,4-11H2,1-3H3,(H,16,20)(H,18,19). The number of unbranched alkanes of at least 4 members (excludes halogenated alkanes) is 2. The van der Waals surface area contributed by atoms with Gasteiger partial charge in [-0.15, -0.1) is 0 Å². The van der Waals surface area contributed by atoms with Crippen LogP contribution in [0.15, 0.2) is 0 Å². The number of aliphatic carboxylic acids is 1. The number of carboxylic acids is 1. The minimum Gasteiger partial charge on any atom is -0.479 e. The molecule has 0 bridgehead atoms. The van der Waals surface area contributed by atoms with Gasteiger partial charge in [-0.3, -0.25) is 0 Å². The Hall–Kier alpha value is -1.26. The normalized spacial score (nSPS) is 23.6. The van der Waals surface area contributed by atoms with Crippen LogP contribution in [0.1, 0.15) is 65.7 Å². The summed E-state index contributed by atoms with van der Waals surface area (Å²) in [6.07, 6.45) is 6.13. The molecule has 2 atom stereocenters. The minimum absolute atomic E-state index is 0.0954. The topological polar surface area (TPSA) is 69.6 Å². The van der Waals surface area contributed by atoms with Gasteiger partial charge in [0.15, 0.2) is 0 Å². The number of hydrogen-bond acceptors (Lipinski definition) is 2. The lowest BCUT2D eigenvalue weighted by molar-refractivity contribution is -0.148. The Labute approximate surface area is 121 Å². The van der Waals surface area contributed by atoms with Crippen LogP contribution in [0.3, 0.4) is 0 Å². The lowest BCUT2D eigenvalue weighted by Gasteiger charge is -2.34. The predicted molar refractivity (Wildman–Crippen MR) is 78.7 cm³/mol. The van der Waals surface area contributed by atoms with E-state index in [1.54, 1.807) is 0 Å². The van der Waals surface area contributed by atoms with Gasteiger partial charge in [-0.2, -0.15) is 0 Å². The Kier molecular flexibility index (Phi) is 6.30. The third-order valence-corrected chi connectivity index (χ3v) is 4.33. The number of urea groups is 1. The van der Waals surface area contributed by atoms with Gasteiger partial charge in [-0.05, 0) is 32.6 Å². The number of nitrogens with zero attached hydrogens (tertiary/aromatic N) is 1. The van der Waals surface area contributed by atoms with E-state index in [1.807, 2.05) is 13.8 Å². The van der Waals surface area contributed by atoms with Crippen molar-refractivity contribution >= 4 is 12.0 Å². The first-order chi connectivity index (χ1) is 9.47. The van der Waals surface area contributed by atoms with Crippen molar-refractivity contribution in [1.82, 2.24) is 10.2 Å². The molecule has 0 aliphatic carbocycles. The lowest BCUT2D eigenvalue weighted by Crippen LogP contribution is -2.56. The Morgan fingerprint density at radius 3 is 2.60 bits per heavy atom. The smallest absolute Gasteiger partial charge is 0.329 e. The molecule has 1 rings (SSSR count). The molecule has 2 amide bonds. The molecule has 2 unspecified atom stereocenters. The van der Waals surface area contributed by atoms with Crippen LogP contribution in [0.4, 0.5) is 4.79 Å². The van der Waals surface area contributed by atoms with Crippen LogP contribution in [-0.4, -0.2) is 40.1 Å². The molecule has 0 spiro atoms. The molecule has 0 aromatic heterocycles. The van der Waals surface area contributed by atoms with Gasteiger partial charge in [0.25, 0.3) is 0 Å². The Morgan fingerprint density at radius 1 is 1.35 bits per heavy atom. The first-order valence-electron chi connectivity index (χ1n) is 7.79. The Balaban J connectivity index is 2.59. The molecule has 1 aliphatic heterocycles. The summed E-state index contributed by atoms with van der Waals surface area (Å²) >= 11 is 0. The Bertz CT molecular complexity index is 346. The van der Waals surface area contributed by atoms with Crippen molar-refractivity contribution in [3.63, 3.8) is 0 Å². The van der Waals surface area contributed by atoms with Gasteiger partial charge >= 0.3 is 12.0 Å². The number of likely N-dealkylation sites (tertiary alicyclic amines) is 1. The maximum absolute atomic E-state index is 12.3. The summed E-state index contributed by atoms with van der Waals surface area (Å²) in [5.41, 5.74) is -1.01. The fourth-order valence-corrected chi connectivity index (χ4v) is 2.98. The molecule has 2 N–H and O–H groups in total. The van der Waals surface area contributed by atoms with E-state index in [2.05, 4.69) is 12.2 Å². The van der Waals surface area contributed by atoms with Crippen molar-refractivity contribution in [3.05, 3.63) is 0 Å². The van der Waals surface area contributed by atoms with Crippen LogP contribution in [0.5, 0.6) is 0 Å². The second-order valence-electron chi connectivity index (χ2n) is 5.79. The number of nitrogens with one attached hydrogen (secondary N) is 1. The number of carbonyl (C=O) groups is 2. The molecule has 1 heterocycles. The molecule has 0 aromatic carbocycles. The summed E-state index contributed by atoms with van der Waals surface area (Å²) in [6, 6.07) is -0.131. The van der Waals surface area contributed by atoms with Gasteiger partial charge in [0.2, 0.25) is 0 Å². The Morgan fingerprint density at radius 2 is 2.05 bits per heavy atom. The maximum Gasteiger partial charge on any atom is 0.329 e. The van der Waals surface area contributed by atoms with Crippen LogP contribution in [0, 0.1) is 0 Å². The van der Waals surface area contributed by atoms with E-state index >= 15 is 0 Å². The van der Waals surface area contributed by atoms with E-state index in [1.165, 1.54) is 4.90 Å². The number of hydrogen-bond donors (Lipinski definition) is 2. The fraction of sp³-hybridized carbons (Fsp3) is 0.867. The number of carbonyl (C=O) groups excluding carboxylic acids is 1. The van der Waals surface area contributed by atoms with Crippen molar-refractivity contribution < 1.29 is 14.7 Å². The third-order valence-electron chi connectivity index (χ3n) is 4.33. The highest BCUT2D eigenvalue weighted by molar-refractivity contribution is 5.87. The first kappa shape index (κ1) is 16.8. The number of carboxylic acid groups (broad SMARTS) is 1. The molecule has 0 saturated carbocycles. The summed E-state index contributed by atoms with van der Waals surface area (Å²) in [7, 11) is 0. The largest absolute Gasteiger partial charge is 0.479 e. The molecule has 1 fully saturated rings. The summed E-state index contributed by atoms with van der Waals surface area (Å²) in [4.78, 5) is 25.4. The van der Waals surface area contributed by atoms with Crippen LogP contribution in [-0.2, 0) is 4.79 Å². The lowest BCUT2D eigenvalue weighted by atomic mass is 9.93.